The highest BCUT2D eigenvalue weighted by atomic mass is 35.5. The summed E-state index contributed by atoms with van der Waals surface area (Å²) < 4.78 is 0. The van der Waals surface area contributed by atoms with Crippen LogP contribution in [0.25, 0.3) is 0 Å². The van der Waals surface area contributed by atoms with E-state index >= 15 is 0 Å². The van der Waals surface area contributed by atoms with Crippen LogP contribution in [-0.2, 0) is 6.54 Å². The third kappa shape index (κ3) is 3.12. The highest BCUT2D eigenvalue weighted by Gasteiger charge is 2.24. The van der Waals surface area contributed by atoms with Crippen LogP contribution in [0.2, 0.25) is 5.02 Å². The van der Waals surface area contributed by atoms with Gasteiger partial charge >= 0.3 is 0 Å². The summed E-state index contributed by atoms with van der Waals surface area (Å²) in [7, 11) is 0. The van der Waals surface area contributed by atoms with Crippen LogP contribution in [0.4, 0.5) is 0 Å². The molecule has 4 heteroatoms. The van der Waals surface area contributed by atoms with E-state index in [1.807, 2.05) is 0 Å². The maximum absolute atomic E-state index is 9.68. The predicted octanol–water partition coefficient (Wildman–Crippen LogP) is 2.30. The van der Waals surface area contributed by atoms with Gasteiger partial charge in [0.15, 0.2) is 0 Å². The van der Waals surface area contributed by atoms with Crippen molar-refractivity contribution >= 4 is 11.6 Å². The lowest BCUT2D eigenvalue weighted by atomic mass is 10.1. The van der Waals surface area contributed by atoms with E-state index in [-0.39, 0.29) is 11.9 Å². The van der Waals surface area contributed by atoms with Crippen molar-refractivity contribution < 1.29 is 10.2 Å². The van der Waals surface area contributed by atoms with Gasteiger partial charge in [-0.1, -0.05) is 24.1 Å². The summed E-state index contributed by atoms with van der Waals surface area (Å²) in [4.78, 5) is 0. The third-order valence-electron chi connectivity index (χ3n) is 3.42. The van der Waals surface area contributed by atoms with Crippen LogP contribution in [-0.4, -0.2) is 22.9 Å². The zero-order chi connectivity index (χ0) is 12.3. The van der Waals surface area contributed by atoms with Gasteiger partial charge in [-0.25, -0.2) is 0 Å². The second kappa shape index (κ2) is 5.71. The van der Waals surface area contributed by atoms with Gasteiger partial charge in [0.25, 0.3) is 0 Å². The molecule has 1 aliphatic rings. The quantitative estimate of drug-likeness (QED) is 0.774. The lowest BCUT2D eigenvalue weighted by Crippen LogP contribution is -2.27. The third-order valence-corrected chi connectivity index (χ3v) is 3.78. The number of phenols is 1. The molecule has 3 N–H and O–H groups in total. The summed E-state index contributed by atoms with van der Waals surface area (Å²) >= 11 is 6.00. The van der Waals surface area contributed by atoms with Crippen LogP contribution >= 0.6 is 11.6 Å². The van der Waals surface area contributed by atoms with E-state index in [1.54, 1.807) is 18.2 Å². The van der Waals surface area contributed by atoms with Gasteiger partial charge in [0, 0.05) is 23.7 Å². The molecule has 0 saturated heterocycles. The van der Waals surface area contributed by atoms with Crippen LogP contribution in [0.1, 0.15) is 24.8 Å². The Bertz CT molecular complexity index is 363. The lowest BCUT2D eigenvalue weighted by Gasteiger charge is -2.15. The van der Waals surface area contributed by atoms with Crippen LogP contribution in [0.3, 0.4) is 0 Å². The van der Waals surface area contributed by atoms with Gasteiger partial charge < -0.3 is 15.5 Å². The number of halogens is 1. The van der Waals surface area contributed by atoms with Crippen molar-refractivity contribution in [2.75, 3.05) is 6.54 Å². The first kappa shape index (κ1) is 12.7. The number of nitrogens with one attached hydrogen (secondary N) is 1. The molecule has 2 rings (SSSR count). The molecule has 17 heavy (non-hydrogen) atoms. The zero-order valence-corrected chi connectivity index (χ0v) is 10.5. The normalized spacial score (nSPS) is 24.1. The summed E-state index contributed by atoms with van der Waals surface area (Å²) in [6.07, 6.45) is 2.90. The first-order valence-electron chi connectivity index (χ1n) is 6.03. The highest BCUT2D eigenvalue weighted by Crippen LogP contribution is 2.27. The number of hydrogen-bond acceptors (Lipinski definition) is 3. The number of aliphatic hydroxyl groups excluding tert-OH is 1. The number of aliphatic hydroxyl groups is 1. The average molecular weight is 256 g/mol. The summed E-state index contributed by atoms with van der Waals surface area (Å²) in [6, 6.07) is 5.12. The maximum Gasteiger partial charge on any atom is 0.121 e. The van der Waals surface area contributed by atoms with Crippen LogP contribution < -0.4 is 5.32 Å². The molecule has 0 heterocycles. The fourth-order valence-electron chi connectivity index (χ4n) is 2.36. The van der Waals surface area contributed by atoms with Gasteiger partial charge in [0.05, 0.1) is 6.10 Å². The average Bonchev–Trinajstić information content (AvgIpc) is 2.69. The van der Waals surface area contributed by atoms with E-state index < -0.39 is 0 Å². The summed E-state index contributed by atoms with van der Waals surface area (Å²) in [5, 5.41) is 23.2. The second-order valence-corrected chi connectivity index (χ2v) is 5.03. The molecule has 1 aromatic carbocycles. The first-order valence-corrected chi connectivity index (χ1v) is 6.41. The molecule has 2 atom stereocenters. The fourth-order valence-corrected chi connectivity index (χ4v) is 2.60. The molecule has 0 amide bonds. The molecule has 3 nitrogen and oxygen atoms in total. The maximum atomic E-state index is 9.68. The van der Waals surface area contributed by atoms with E-state index in [2.05, 4.69) is 5.32 Å². The Morgan fingerprint density at radius 3 is 2.82 bits per heavy atom. The van der Waals surface area contributed by atoms with Crippen molar-refractivity contribution in [2.24, 2.45) is 5.92 Å². The molecule has 0 spiro atoms. The highest BCUT2D eigenvalue weighted by molar-refractivity contribution is 6.31. The lowest BCUT2D eigenvalue weighted by molar-refractivity contribution is 0.131. The van der Waals surface area contributed by atoms with Crippen molar-refractivity contribution in [2.45, 2.75) is 31.9 Å². The fraction of sp³-hybridized carbons (Fsp3) is 0.538. The van der Waals surface area contributed by atoms with Crippen LogP contribution in [0, 0.1) is 5.92 Å². The SMILES string of the molecule is Oc1cccc(Cl)c1CNCC1CCCC1O. The van der Waals surface area contributed by atoms with E-state index in [0.29, 0.717) is 17.5 Å². The summed E-state index contributed by atoms with van der Waals surface area (Å²) in [5.41, 5.74) is 0.724. The molecule has 1 fully saturated rings. The Balaban J connectivity index is 1.86. The molecular weight excluding hydrogens is 238 g/mol. The monoisotopic (exact) mass is 255 g/mol. The number of phenolic OH excluding ortho intramolecular Hbond substituents is 1. The number of rotatable bonds is 4. The van der Waals surface area contributed by atoms with Crippen molar-refractivity contribution in [1.29, 1.82) is 0 Å². The minimum atomic E-state index is -0.178. The Morgan fingerprint density at radius 2 is 2.18 bits per heavy atom. The molecular formula is C13H18ClNO2. The van der Waals surface area contributed by atoms with Gasteiger partial charge in [0.1, 0.15) is 5.75 Å². The van der Waals surface area contributed by atoms with Crippen molar-refractivity contribution in [3.8, 4) is 5.75 Å². The van der Waals surface area contributed by atoms with Crippen molar-refractivity contribution in [3.05, 3.63) is 28.8 Å². The molecule has 0 aromatic heterocycles. The summed E-state index contributed by atoms with van der Waals surface area (Å²) in [5.74, 6) is 0.552. The van der Waals surface area contributed by atoms with Gasteiger partial charge in [-0.15, -0.1) is 0 Å². The van der Waals surface area contributed by atoms with E-state index in [1.165, 1.54) is 0 Å². The Labute approximate surface area is 106 Å². The first-order chi connectivity index (χ1) is 8.18. The standard InChI is InChI=1S/C13H18ClNO2/c14-11-4-2-6-13(17)10(11)8-15-7-9-3-1-5-12(9)16/h2,4,6,9,12,15-17H,1,3,5,7-8H2. The molecule has 94 valence electrons. The Kier molecular flexibility index (Phi) is 4.26. The topological polar surface area (TPSA) is 52.5 Å². The van der Waals surface area contributed by atoms with Crippen molar-refractivity contribution in [3.63, 3.8) is 0 Å². The molecule has 1 aliphatic carbocycles. The van der Waals surface area contributed by atoms with Gasteiger partial charge in [-0.3, -0.25) is 0 Å². The molecule has 2 unspecified atom stereocenters. The molecule has 0 bridgehead atoms. The van der Waals surface area contributed by atoms with Crippen molar-refractivity contribution in [1.82, 2.24) is 5.32 Å². The molecule has 1 aromatic rings. The van der Waals surface area contributed by atoms with Gasteiger partial charge in [-0.05, 0) is 30.9 Å². The number of benzene rings is 1. The predicted molar refractivity (Wildman–Crippen MR) is 68.2 cm³/mol. The smallest absolute Gasteiger partial charge is 0.121 e. The Hall–Kier alpha value is -0.770. The number of aromatic hydroxyl groups is 1. The van der Waals surface area contributed by atoms with Gasteiger partial charge in [-0.2, -0.15) is 0 Å². The molecule has 0 aliphatic heterocycles. The second-order valence-electron chi connectivity index (χ2n) is 4.63. The zero-order valence-electron chi connectivity index (χ0n) is 9.69. The largest absolute Gasteiger partial charge is 0.508 e. The van der Waals surface area contributed by atoms with E-state index in [9.17, 15) is 10.2 Å². The summed E-state index contributed by atoms with van der Waals surface area (Å²) in [6.45, 7) is 1.31. The minimum absolute atomic E-state index is 0.178. The van der Waals surface area contributed by atoms with Gasteiger partial charge in [0.2, 0.25) is 0 Å². The van der Waals surface area contributed by atoms with E-state index in [0.717, 1.165) is 31.4 Å². The number of hydrogen-bond donors (Lipinski definition) is 3. The minimum Gasteiger partial charge on any atom is -0.508 e. The van der Waals surface area contributed by atoms with E-state index in [4.69, 9.17) is 11.6 Å². The molecule has 1 saturated carbocycles. The van der Waals surface area contributed by atoms with Crippen LogP contribution in [0.5, 0.6) is 5.75 Å². The van der Waals surface area contributed by atoms with Crippen LogP contribution in [0.15, 0.2) is 18.2 Å². The molecule has 0 radical (unpaired) electrons. The Morgan fingerprint density at radius 1 is 1.35 bits per heavy atom.